The van der Waals surface area contributed by atoms with Crippen molar-refractivity contribution in [2.75, 3.05) is 13.1 Å². The third-order valence-electron chi connectivity index (χ3n) is 4.62. The zero-order valence-electron chi connectivity index (χ0n) is 13.6. The first-order valence-electron chi connectivity index (χ1n) is 8.07. The molecule has 23 heavy (non-hydrogen) atoms. The molecule has 0 bridgehead atoms. The zero-order valence-corrected chi connectivity index (χ0v) is 13.6. The lowest BCUT2D eigenvalue weighted by Gasteiger charge is -2.32. The molecular formula is C18H22FN3O. The van der Waals surface area contributed by atoms with Crippen LogP contribution in [0.3, 0.4) is 0 Å². The largest absolute Gasteiger partial charge is 0.310 e. The molecule has 0 radical (unpaired) electrons. The monoisotopic (exact) mass is 315 g/mol. The van der Waals surface area contributed by atoms with E-state index < -0.39 is 0 Å². The first kappa shape index (κ1) is 15.9. The van der Waals surface area contributed by atoms with Gasteiger partial charge in [0.05, 0.1) is 0 Å². The summed E-state index contributed by atoms with van der Waals surface area (Å²) in [6.45, 7) is 6.36. The number of likely N-dealkylation sites (tertiary alicyclic amines) is 1. The number of aromatic amines is 1. The molecule has 3 rings (SSSR count). The van der Waals surface area contributed by atoms with Crippen LogP contribution in [-0.2, 0) is 6.54 Å². The molecule has 0 spiro atoms. The van der Waals surface area contributed by atoms with Gasteiger partial charge >= 0.3 is 0 Å². The number of benzene rings is 1. The maximum atomic E-state index is 13.0. The van der Waals surface area contributed by atoms with Crippen LogP contribution in [0.1, 0.15) is 41.4 Å². The van der Waals surface area contributed by atoms with Crippen LogP contribution < -0.4 is 5.56 Å². The van der Waals surface area contributed by atoms with Crippen molar-refractivity contribution in [1.82, 2.24) is 14.9 Å². The van der Waals surface area contributed by atoms with Gasteiger partial charge in [-0.3, -0.25) is 9.69 Å². The number of H-pyrrole nitrogens is 1. The summed E-state index contributed by atoms with van der Waals surface area (Å²) < 4.78 is 13.0. The Morgan fingerprint density at radius 1 is 1.30 bits per heavy atom. The van der Waals surface area contributed by atoms with Crippen LogP contribution in [0, 0.1) is 19.7 Å². The maximum Gasteiger partial charge on any atom is 0.254 e. The van der Waals surface area contributed by atoms with E-state index in [1.165, 1.54) is 12.1 Å². The fourth-order valence-corrected chi connectivity index (χ4v) is 3.13. The highest BCUT2D eigenvalue weighted by Gasteiger charge is 2.23. The topological polar surface area (TPSA) is 49.0 Å². The number of piperidine rings is 1. The molecule has 1 aliphatic heterocycles. The summed E-state index contributed by atoms with van der Waals surface area (Å²) in [6, 6.07) is 6.66. The normalized spacial score (nSPS) is 19.0. The standard InChI is InChI=1S/C18H22FN3O/c1-12-13(2)20-17(21-18(12)23)15-4-3-9-22(11-15)10-14-5-7-16(19)8-6-14/h5-8,15H,3-4,9-11H2,1-2H3,(H,20,21,23)/t15-/m1/s1. The molecule has 2 heterocycles. The SMILES string of the molecule is Cc1nc([C@@H]2CCCN(Cc3ccc(F)cc3)C2)[nH]c(=O)c1C. The third kappa shape index (κ3) is 3.67. The van der Waals surface area contributed by atoms with Crippen LogP contribution in [0.2, 0.25) is 0 Å². The van der Waals surface area contributed by atoms with Crippen LogP contribution in [0.5, 0.6) is 0 Å². The summed E-state index contributed by atoms with van der Waals surface area (Å²) in [5.74, 6) is 0.834. The Morgan fingerprint density at radius 3 is 2.74 bits per heavy atom. The minimum absolute atomic E-state index is 0.0387. The summed E-state index contributed by atoms with van der Waals surface area (Å²) in [7, 11) is 0. The average Bonchev–Trinajstić information content (AvgIpc) is 2.54. The first-order valence-corrected chi connectivity index (χ1v) is 8.07. The predicted octanol–water partition coefficient (Wildman–Crippen LogP) is 2.91. The Labute approximate surface area is 135 Å². The second kappa shape index (κ2) is 6.62. The Morgan fingerprint density at radius 2 is 2.04 bits per heavy atom. The second-order valence-corrected chi connectivity index (χ2v) is 6.36. The van der Waals surface area contributed by atoms with E-state index in [0.29, 0.717) is 5.56 Å². The Hall–Kier alpha value is -2.01. The predicted molar refractivity (Wildman–Crippen MR) is 88.0 cm³/mol. The zero-order chi connectivity index (χ0) is 16.4. The second-order valence-electron chi connectivity index (χ2n) is 6.36. The maximum absolute atomic E-state index is 13.0. The lowest BCUT2D eigenvalue weighted by Crippen LogP contribution is -2.35. The number of nitrogens with zero attached hydrogens (tertiary/aromatic N) is 2. The van der Waals surface area contributed by atoms with Crippen molar-refractivity contribution in [2.45, 2.75) is 39.2 Å². The first-order chi connectivity index (χ1) is 11.0. The summed E-state index contributed by atoms with van der Waals surface area (Å²) in [4.78, 5) is 21.8. The third-order valence-corrected chi connectivity index (χ3v) is 4.62. The van der Waals surface area contributed by atoms with Crippen LogP contribution in [0.15, 0.2) is 29.1 Å². The molecule has 1 saturated heterocycles. The number of rotatable bonds is 3. The Balaban J connectivity index is 1.73. The summed E-state index contributed by atoms with van der Waals surface area (Å²) in [6.07, 6.45) is 2.11. The van der Waals surface area contributed by atoms with Gasteiger partial charge in [0.2, 0.25) is 0 Å². The summed E-state index contributed by atoms with van der Waals surface area (Å²) in [5, 5.41) is 0. The van der Waals surface area contributed by atoms with Gasteiger partial charge in [-0.1, -0.05) is 12.1 Å². The van der Waals surface area contributed by atoms with Crippen LogP contribution in [-0.4, -0.2) is 28.0 Å². The molecule has 122 valence electrons. The molecule has 1 aliphatic rings. The molecule has 1 aromatic carbocycles. The van der Waals surface area contributed by atoms with Gasteiger partial charge in [-0.05, 0) is 50.9 Å². The molecule has 0 unspecified atom stereocenters. The number of hydrogen-bond donors (Lipinski definition) is 1. The van der Waals surface area contributed by atoms with Crippen molar-refractivity contribution in [1.29, 1.82) is 0 Å². The lowest BCUT2D eigenvalue weighted by molar-refractivity contribution is 0.196. The van der Waals surface area contributed by atoms with Crippen molar-refractivity contribution in [3.8, 4) is 0 Å². The molecule has 1 aromatic heterocycles. The van der Waals surface area contributed by atoms with Gasteiger partial charge in [-0.15, -0.1) is 0 Å². The molecule has 2 aromatic rings. The number of nitrogens with one attached hydrogen (secondary N) is 1. The van der Waals surface area contributed by atoms with Crippen LogP contribution in [0.4, 0.5) is 4.39 Å². The summed E-state index contributed by atoms with van der Waals surface area (Å²) >= 11 is 0. The van der Waals surface area contributed by atoms with E-state index in [9.17, 15) is 9.18 Å². The van der Waals surface area contributed by atoms with E-state index >= 15 is 0 Å². The lowest BCUT2D eigenvalue weighted by atomic mass is 9.96. The van der Waals surface area contributed by atoms with E-state index in [2.05, 4.69) is 14.9 Å². The van der Waals surface area contributed by atoms with Crippen LogP contribution in [0.25, 0.3) is 0 Å². The number of aryl methyl sites for hydroxylation is 1. The molecule has 1 fully saturated rings. The Bertz CT molecular complexity index is 739. The van der Waals surface area contributed by atoms with Crippen molar-refractivity contribution >= 4 is 0 Å². The van der Waals surface area contributed by atoms with Gasteiger partial charge in [0, 0.05) is 30.3 Å². The molecule has 1 N–H and O–H groups in total. The molecule has 5 heteroatoms. The average molecular weight is 315 g/mol. The quantitative estimate of drug-likeness (QED) is 0.947. The molecule has 0 amide bonds. The molecule has 4 nitrogen and oxygen atoms in total. The van der Waals surface area contributed by atoms with Crippen molar-refractivity contribution in [3.05, 3.63) is 63.1 Å². The van der Waals surface area contributed by atoms with Gasteiger partial charge in [0.15, 0.2) is 0 Å². The fraction of sp³-hybridized carbons (Fsp3) is 0.444. The van der Waals surface area contributed by atoms with Gasteiger partial charge in [-0.2, -0.15) is 0 Å². The Kier molecular flexibility index (Phi) is 4.57. The van der Waals surface area contributed by atoms with Gasteiger partial charge in [-0.25, -0.2) is 9.37 Å². The van der Waals surface area contributed by atoms with Crippen LogP contribution >= 0.6 is 0 Å². The van der Waals surface area contributed by atoms with E-state index in [0.717, 1.165) is 49.6 Å². The minimum atomic E-state index is -0.206. The van der Waals surface area contributed by atoms with Crippen molar-refractivity contribution in [3.63, 3.8) is 0 Å². The number of aromatic nitrogens is 2. The highest BCUT2D eigenvalue weighted by molar-refractivity contribution is 5.17. The highest BCUT2D eigenvalue weighted by Crippen LogP contribution is 2.25. The number of hydrogen-bond acceptors (Lipinski definition) is 3. The van der Waals surface area contributed by atoms with Gasteiger partial charge < -0.3 is 4.98 Å². The van der Waals surface area contributed by atoms with E-state index in [-0.39, 0.29) is 17.3 Å². The number of halogens is 1. The molecular weight excluding hydrogens is 293 g/mol. The van der Waals surface area contributed by atoms with E-state index in [1.54, 1.807) is 6.92 Å². The van der Waals surface area contributed by atoms with E-state index in [4.69, 9.17) is 0 Å². The molecule has 1 atom stereocenters. The highest BCUT2D eigenvalue weighted by atomic mass is 19.1. The summed E-state index contributed by atoms with van der Waals surface area (Å²) in [5.41, 5.74) is 2.56. The smallest absolute Gasteiger partial charge is 0.254 e. The van der Waals surface area contributed by atoms with Crippen molar-refractivity contribution < 1.29 is 4.39 Å². The minimum Gasteiger partial charge on any atom is -0.310 e. The fourth-order valence-electron chi connectivity index (χ4n) is 3.13. The molecule has 0 saturated carbocycles. The molecule has 0 aliphatic carbocycles. The van der Waals surface area contributed by atoms with Crippen molar-refractivity contribution in [2.24, 2.45) is 0 Å². The van der Waals surface area contributed by atoms with E-state index in [1.807, 2.05) is 19.1 Å². The van der Waals surface area contributed by atoms with Gasteiger partial charge in [0.1, 0.15) is 11.6 Å². The van der Waals surface area contributed by atoms with Gasteiger partial charge in [0.25, 0.3) is 5.56 Å².